The van der Waals surface area contributed by atoms with Gasteiger partial charge in [0.05, 0.1) is 11.4 Å². The van der Waals surface area contributed by atoms with Crippen LogP contribution < -0.4 is 8.88 Å². The maximum absolute atomic E-state index is 14.1. The zero-order chi connectivity index (χ0) is 18.4. The first-order valence-electron chi connectivity index (χ1n) is 8.26. The lowest BCUT2D eigenvalue weighted by Gasteiger charge is -2.60. The summed E-state index contributed by atoms with van der Waals surface area (Å²) in [4.78, 5) is 0. The minimum Gasteiger partial charge on any atom is -0.256 e. The molecule has 0 radical (unpaired) electrons. The van der Waals surface area contributed by atoms with Gasteiger partial charge in [0.2, 0.25) is 0 Å². The topological polar surface area (TPSA) is 30.0 Å². The van der Waals surface area contributed by atoms with Gasteiger partial charge in [-0.2, -0.15) is 0 Å². The van der Waals surface area contributed by atoms with Crippen molar-refractivity contribution < 1.29 is 4.57 Å². The summed E-state index contributed by atoms with van der Waals surface area (Å²) < 4.78 is 22.4. The standard InChI is InChI=1S/C18H26N4OP2/c1-15-9-7-11-17(13-15)21-24(19(3)4)22(25(21,23)20(5)6)18-12-8-10-16(2)14-18/h7-14H,1-6H3. The SMILES string of the molecule is Cc1cccc(N2P(N(C)C)N(c3cccc(C)c3)P2(=O)N(C)C)c1. The zero-order valence-corrected chi connectivity index (χ0v) is 17.5. The molecule has 7 heteroatoms. The minimum absolute atomic E-state index is 0.886. The fraction of sp³-hybridized carbons (Fsp3) is 0.333. The Morgan fingerprint density at radius 1 is 0.840 bits per heavy atom. The Morgan fingerprint density at radius 2 is 1.28 bits per heavy atom. The highest BCUT2D eigenvalue weighted by Gasteiger charge is 2.60. The lowest BCUT2D eigenvalue weighted by Crippen LogP contribution is -2.49. The first kappa shape index (κ1) is 18.4. The summed E-state index contributed by atoms with van der Waals surface area (Å²) in [5, 5.41) is 0. The normalized spacial score (nSPS) is 23.3. The van der Waals surface area contributed by atoms with Gasteiger partial charge in [0, 0.05) is 0 Å². The van der Waals surface area contributed by atoms with Crippen LogP contribution in [-0.2, 0) is 4.57 Å². The Hall–Kier alpha value is -1.38. The molecular weight excluding hydrogens is 350 g/mol. The molecule has 1 saturated heterocycles. The molecule has 0 saturated carbocycles. The summed E-state index contributed by atoms with van der Waals surface area (Å²) in [6.07, 6.45) is 0. The van der Waals surface area contributed by atoms with Crippen LogP contribution in [0.15, 0.2) is 48.5 Å². The summed E-state index contributed by atoms with van der Waals surface area (Å²) in [7, 11) is 4.12. The van der Waals surface area contributed by atoms with Gasteiger partial charge in [-0.1, -0.05) is 24.3 Å². The molecule has 2 aromatic carbocycles. The predicted molar refractivity (Wildman–Crippen MR) is 109 cm³/mol. The van der Waals surface area contributed by atoms with Crippen molar-refractivity contribution >= 4 is 27.3 Å². The predicted octanol–water partition coefficient (Wildman–Crippen LogP) is 5.09. The van der Waals surface area contributed by atoms with Crippen molar-refractivity contribution in [2.24, 2.45) is 0 Å². The number of nitrogens with zero attached hydrogens (tertiary/aromatic N) is 4. The van der Waals surface area contributed by atoms with Crippen LogP contribution in [0.25, 0.3) is 0 Å². The van der Waals surface area contributed by atoms with E-state index in [0.29, 0.717) is 0 Å². The Morgan fingerprint density at radius 3 is 1.60 bits per heavy atom. The summed E-state index contributed by atoms with van der Waals surface area (Å²) in [6, 6.07) is 16.5. The van der Waals surface area contributed by atoms with E-state index in [4.69, 9.17) is 0 Å². The van der Waals surface area contributed by atoms with Crippen LogP contribution in [0.1, 0.15) is 11.1 Å². The van der Waals surface area contributed by atoms with Crippen LogP contribution in [0.5, 0.6) is 0 Å². The van der Waals surface area contributed by atoms with Gasteiger partial charge in [-0.3, -0.25) is 9.24 Å². The first-order valence-corrected chi connectivity index (χ1v) is 11.0. The van der Waals surface area contributed by atoms with Crippen molar-refractivity contribution in [3.63, 3.8) is 0 Å². The van der Waals surface area contributed by atoms with E-state index < -0.39 is 16.0 Å². The average Bonchev–Trinajstić information content (AvgIpc) is 2.52. The highest BCUT2D eigenvalue weighted by molar-refractivity contribution is 7.96. The third-order valence-corrected chi connectivity index (χ3v) is 10.9. The van der Waals surface area contributed by atoms with Crippen molar-refractivity contribution in [1.29, 1.82) is 0 Å². The van der Waals surface area contributed by atoms with Crippen LogP contribution >= 0.6 is 16.0 Å². The molecule has 0 unspecified atom stereocenters. The zero-order valence-electron chi connectivity index (χ0n) is 15.7. The summed E-state index contributed by atoms with van der Waals surface area (Å²) in [6.45, 7) is 4.14. The molecule has 25 heavy (non-hydrogen) atoms. The molecule has 0 N–H and O–H groups in total. The van der Waals surface area contributed by atoms with Crippen molar-refractivity contribution in [2.45, 2.75) is 13.8 Å². The summed E-state index contributed by atoms with van der Waals surface area (Å²) in [5.41, 5.74) is 4.37. The van der Waals surface area contributed by atoms with Gasteiger partial charge in [-0.15, -0.1) is 0 Å². The van der Waals surface area contributed by atoms with Crippen molar-refractivity contribution in [3.8, 4) is 0 Å². The van der Waals surface area contributed by atoms with E-state index in [-0.39, 0.29) is 0 Å². The Bertz CT molecular complexity index is 767. The van der Waals surface area contributed by atoms with E-state index in [1.54, 1.807) is 0 Å². The van der Waals surface area contributed by atoms with Gasteiger partial charge in [0.25, 0.3) is 0 Å². The molecule has 0 spiro atoms. The highest BCUT2D eigenvalue weighted by Crippen LogP contribution is 2.83. The monoisotopic (exact) mass is 376 g/mol. The van der Waals surface area contributed by atoms with Gasteiger partial charge < -0.3 is 0 Å². The van der Waals surface area contributed by atoms with E-state index in [0.717, 1.165) is 11.4 Å². The summed E-state index contributed by atoms with van der Waals surface area (Å²) >= 11 is 0. The molecule has 3 rings (SSSR count). The minimum atomic E-state index is -2.89. The number of rotatable bonds is 4. The van der Waals surface area contributed by atoms with E-state index in [9.17, 15) is 4.57 Å². The molecule has 134 valence electrons. The summed E-state index contributed by atoms with van der Waals surface area (Å²) in [5.74, 6) is 0. The van der Waals surface area contributed by atoms with E-state index in [1.807, 2.05) is 30.9 Å². The van der Waals surface area contributed by atoms with Gasteiger partial charge in [0.1, 0.15) is 0 Å². The Labute approximate surface area is 152 Å². The highest BCUT2D eigenvalue weighted by atomic mass is 31.3. The van der Waals surface area contributed by atoms with Gasteiger partial charge in [0.15, 0.2) is 8.37 Å². The largest absolute Gasteiger partial charge is 0.346 e. The van der Waals surface area contributed by atoms with Crippen LogP contribution in [0, 0.1) is 13.8 Å². The molecule has 1 fully saturated rings. The van der Waals surface area contributed by atoms with Crippen LogP contribution in [-0.4, -0.2) is 37.5 Å². The van der Waals surface area contributed by atoms with E-state index in [2.05, 4.69) is 77.9 Å². The molecule has 1 aliphatic heterocycles. The third kappa shape index (κ3) is 3.00. The molecule has 0 bridgehead atoms. The second-order valence-corrected chi connectivity index (χ2v) is 12.1. The fourth-order valence-electron chi connectivity index (χ4n) is 3.03. The molecule has 0 aliphatic carbocycles. The second kappa shape index (κ2) is 6.74. The van der Waals surface area contributed by atoms with Crippen LogP contribution in [0.2, 0.25) is 0 Å². The number of hydrogen-bond acceptors (Lipinski definition) is 2. The molecule has 1 heterocycles. The molecule has 0 atom stereocenters. The van der Waals surface area contributed by atoms with Crippen LogP contribution in [0.4, 0.5) is 11.4 Å². The third-order valence-electron chi connectivity index (χ3n) is 4.18. The second-order valence-electron chi connectivity index (χ2n) is 6.73. The maximum atomic E-state index is 14.1. The van der Waals surface area contributed by atoms with Crippen LogP contribution in [0.3, 0.4) is 0 Å². The number of anilines is 2. The van der Waals surface area contributed by atoms with Gasteiger partial charge >= 0.3 is 7.59 Å². The Balaban J connectivity index is 2.14. The first-order chi connectivity index (χ1) is 11.8. The van der Waals surface area contributed by atoms with Crippen molar-refractivity contribution in [2.75, 3.05) is 37.1 Å². The fourth-order valence-corrected chi connectivity index (χ4v) is 10.2. The quantitative estimate of drug-likeness (QED) is 0.694. The lowest BCUT2D eigenvalue weighted by atomic mass is 10.2. The molecular formula is C18H26N4OP2. The number of hydrogen-bond donors (Lipinski definition) is 0. The van der Waals surface area contributed by atoms with Gasteiger partial charge in [-0.05, 0) is 77.4 Å². The van der Waals surface area contributed by atoms with Crippen molar-refractivity contribution in [3.05, 3.63) is 59.7 Å². The lowest BCUT2D eigenvalue weighted by molar-refractivity contribution is 0.509. The van der Waals surface area contributed by atoms with Gasteiger partial charge in [-0.25, -0.2) is 13.6 Å². The average molecular weight is 376 g/mol. The maximum Gasteiger partial charge on any atom is 0.346 e. The number of aryl methyl sites for hydroxylation is 2. The number of benzene rings is 2. The molecule has 0 amide bonds. The van der Waals surface area contributed by atoms with E-state index >= 15 is 0 Å². The molecule has 2 aromatic rings. The Kier molecular flexibility index (Phi) is 4.96. The molecule has 0 aromatic heterocycles. The molecule has 1 aliphatic rings. The molecule has 5 nitrogen and oxygen atoms in total. The van der Waals surface area contributed by atoms with Crippen molar-refractivity contribution in [1.82, 2.24) is 9.34 Å². The smallest absolute Gasteiger partial charge is 0.256 e. The van der Waals surface area contributed by atoms with E-state index in [1.165, 1.54) is 11.1 Å².